The number of rotatable bonds is 4. The molecule has 1 aliphatic rings. The zero-order chi connectivity index (χ0) is 20.8. The molecule has 3 heterocycles. The first kappa shape index (κ1) is 19.7. The first-order valence-electron chi connectivity index (χ1n) is 9.59. The third-order valence-corrected chi connectivity index (χ3v) is 7.33. The molecule has 29 heavy (non-hydrogen) atoms. The second-order valence-electron chi connectivity index (χ2n) is 7.44. The normalized spacial score (nSPS) is 15.8. The van der Waals surface area contributed by atoms with Crippen molar-refractivity contribution in [1.82, 2.24) is 19.5 Å². The van der Waals surface area contributed by atoms with Crippen molar-refractivity contribution in [1.29, 1.82) is 0 Å². The number of hydrogen-bond donors (Lipinski definition) is 1. The second kappa shape index (κ2) is 7.31. The monoisotopic (exact) mass is 415 g/mol. The van der Waals surface area contributed by atoms with Crippen molar-refractivity contribution in [3.05, 3.63) is 47.1 Å². The Balaban J connectivity index is 1.62. The van der Waals surface area contributed by atoms with Crippen LogP contribution in [0.5, 0.6) is 0 Å². The molecule has 8 nitrogen and oxygen atoms in total. The molecular formula is C20H25N5O3S. The second-order valence-corrected chi connectivity index (χ2v) is 9.31. The molecule has 0 spiro atoms. The Labute approximate surface area is 170 Å². The van der Waals surface area contributed by atoms with E-state index < -0.39 is 10.0 Å². The van der Waals surface area contributed by atoms with Gasteiger partial charge in [0.15, 0.2) is 0 Å². The van der Waals surface area contributed by atoms with Crippen molar-refractivity contribution in [2.24, 2.45) is 0 Å². The van der Waals surface area contributed by atoms with Crippen molar-refractivity contribution in [2.75, 3.05) is 31.1 Å². The summed E-state index contributed by atoms with van der Waals surface area (Å²) in [7, 11) is -3.71. The molecule has 1 fully saturated rings. The van der Waals surface area contributed by atoms with E-state index in [1.165, 1.54) is 5.56 Å². The van der Waals surface area contributed by atoms with Crippen molar-refractivity contribution in [2.45, 2.75) is 32.6 Å². The number of H-pyrrole nitrogens is 1. The first-order chi connectivity index (χ1) is 13.8. The van der Waals surface area contributed by atoms with Crippen LogP contribution >= 0.6 is 0 Å². The molecule has 0 amide bonds. The van der Waals surface area contributed by atoms with Crippen LogP contribution in [0.15, 0.2) is 33.6 Å². The molecule has 0 aliphatic carbocycles. The van der Waals surface area contributed by atoms with Gasteiger partial charge in [-0.25, -0.2) is 8.42 Å². The van der Waals surface area contributed by atoms with E-state index in [0.717, 1.165) is 5.69 Å². The van der Waals surface area contributed by atoms with E-state index in [0.29, 0.717) is 49.0 Å². The highest BCUT2D eigenvalue weighted by Gasteiger charge is 2.35. The zero-order valence-electron chi connectivity index (χ0n) is 17.1. The zero-order valence-corrected chi connectivity index (χ0v) is 17.9. The van der Waals surface area contributed by atoms with Crippen LogP contribution in [0.2, 0.25) is 0 Å². The third kappa shape index (κ3) is 3.56. The van der Waals surface area contributed by atoms with E-state index in [9.17, 15) is 8.42 Å². The molecule has 2 aromatic heterocycles. The maximum absolute atomic E-state index is 13.5. The van der Waals surface area contributed by atoms with Crippen LogP contribution in [0.4, 0.5) is 5.69 Å². The van der Waals surface area contributed by atoms with Gasteiger partial charge in [-0.3, -0.25) is 0 Å². The SMILES string of the molecule is Cc1cccc(N2CCN(S(=O)(=O)c3c(C)[nH]c(C)c3-c3nnc(C)o3)CC2)c1. The van der Waals surface area contributed by atoms with E-state index in [-0.39, 0.29) is 10.8 Å². The summed E-state index contributed by atoms with van der Waals surface area (Å²) in [4.78, 5) is 5.57. The number of sulfonamides is 1. The average Bonchev–Trinajstić information content (AvgIpc) is 3.24. The number of nitrogens with one attached hydrogen (secondary N) is 1. The summed E-state index contributed by atoms with van der Waals surface area (Å²) < 4.78 is 34.1. The van der Waals surface area contributed by atoms with Gasteiger partial charge < -0.3 is 14.3 Å². The number of anilines is 1. The lowest BCUT2D eigenvalue weighted by atomic mass is 10.2. The largest absolute Gasteiger partial charge is 0.421 e. The minimum atomic E-state index is -3.71. The molecule has 4 rings (SSSR count). The number of piperazine rings is 1. The molecule has 1 N–H and O–H groups in total. The maximum Gasteiger partial charge on any atom is 0.250 e. The highest BCUT2D eigenvalue weighted by molar-refractivity contribution is 7.89. The number of benzene rings is 1. The quantitative estimate of drug-likeness (QED) is 0.704. The summed E-state index contributed by atoms with van der Waals surface area (Å²) in [6, 6.07) is 8.27. The third-order valence-electron chi connectivity index (χ3n) is 5.26. The van der Waals surface area contributed by atoms with Gasteiger partial charge in [-0.05, 0) is 38.5 Å². The molecule has 154 valence electrons. The fourth-order valence-electron chi connectivity index (χ4n) is 3.88. The van der Waals surface area contributed by atoms with Crippen LogP contribution in [0.25, 0.3) is 11.5 Å². The lowest BCUT2D eigenvalue weighted by Crippen LogP contribution is -2.48. The van der Waals surface area contributed by atoms with Gasteiger partial charge in [-0.15, -0.1) is 10.2 Å². The average molecular weight is 416 g/mol. The Kier molecular flexibility index (Phi) is 4.95. The van der Waals surface area contributed by atoms with Gasteiger partial charge in [-0.2, -0.15) is 4.31 Å². The van der Waals surface area contributed by atoms with Crippen molar-refractivity contribution < 1.29 is 12.8 Å². The molecule has 0 bridgehead atoms. The van der Waals surface area contributed by atoms with Crippen LogP contribution in [0.1, 0.15) is 22.8 Å². The molecule has 0 unspecified atom stereocenters. The van der Waals surface area contributed by atoms with Gasteiger partial charge in [0.25, 0.3) is 5.89 Å². The van der Waals surface area contributed by atoms with E-state index in [4.69, 9.17) is 4.42 Å². The fourth-order valence-corrected chi connectivity index (χ4v) is 5.71. The van der Waals surface area contributed by atoms with Gasteiger partial charge in [-0.1, -0.05) is 12.1 Å². The van der Waals surface area contributed by atoms with E-state index in [1.54, 1.807) is 18.2 Å². The number of aromatic amines is 1. The minimum Gasteiger partial charge on any atom is -0.421 e. The summed E-state index contributed by atoms with van der Waals surface area (Å²) in [6.07, 6.45) is 0. The summed E-state index contributed by atoms with van der Waals surface area (Å²) in [5.74, 6) is 0.620. The number of hydrogen-bond acceptors (Lipinski definition) is 6. The van der Waals surface area contributed by atoms with E-state index in [1.807, 2.05) is 13.0 Å². The summed E-state index contributed by atoms with van der Waals surface area (Å²) in [6.45, 7) is 9.43. The van der Waals surface area contributed by atoms with Gasteiger partial charge in [0.2, 0.25) is 15.9 Å². The van der Waals surface area contributed by atoms with Gasteiger partial charge in [0.1, 0.15) is 4.90 Å². The molecule has 1 aliphatic heterocycles. The topological polar surface area (TPSA) is 95.3 Å². The predicted octanol–water partition coefficient (Wildman–Crippen LogP) is 2.81. The summed E-state index contributed by atoms with van der Waals surface area (Å²) in [5, 5.41) is 7.90. The standard InChI is InChI=1S/C20H25N5O3S/c1-13-6-5-7-17(12-13)24-8-10-25(11-9-24)29(26,27)19-15(3)21-14(2)18(19)20-23-22-16(4)28-20/h5-7,12,21H,8-11H2,1-4H3. The Morgan fingerprint density at radius 2 is 1.72 bits per heavy atom. The Morgan fingerprint density at radius 3 is 2.34 bits per heavy atom. The molecule has 0 radical (unpaired) electrons. The van der Waals surface area contributed by atoms with Crippen LogP contribution in [-0.2, 0) is 10.0 Å². The molecule has 1 aromatic carbocycles. The molecule has 0 saturated carbocycles. The summed E-state index contributed by atoms with van der Waals surface area (Å²) in [5.41, 5.74) is 4.05. The molecular weight excluding hydrogens is 390 g/mol. The summed E-state index contributed by atoms with van der Waals surface area (Å²) >= 11 is 0. The molecule has 9 heteroatoms. The van der Waals surface area contributed by atoms with E-state index in [2.05, 4.69) is 45.2 Å². The van der Waals surface area contributed by atoms with Crippen molar-refractivity contribution in [3.8, 4) is 11.5 Å². The minimum absolute atomic E-state index is 0.223. The highest BCUT2D eigenvalue weighted by atomic mass is 32.2. The highest BCUT2D eigenvalue weighted by Crippen LogP contribution is 2.35. The van der Waals surface area contributed by atoms with Crippen LogP contribution < -0.4 is 4.90 Å². The predicted molar refractivity (Wildman–Crippen MR) is 110 cm³/mol. The van der Waals surface area contributed by atoms with Gasteiger partial charge in [0, 0.05) is 50.2 Å². The smallest absolute Gasteiger partial charge is 0.250 e. The van der Waals surface area contributed by atoms with Crippen LogP contribution in [-0.4, -0.2) is 54.1 Å². The molecule has 1 saturated heterocycles. The Morgan fingerprint density at radius 1 is 1.00 bits per heavy atom. The molecule has 0 atom stereocenters. The van der Waals surface area contributed by atoms with E-state index >= 15 is 0 Å². The Bertz CT molecular complexity index is 1140. The lowest BCUT2D eigenvalue weighted by Gasteiger charge is -2.35. The van der Waals surface area contributed by atoms with Crippen LogP contribution in [0.3, 0.4) is 0 Å². The van der Waals surface area contributed by atoms with Crippen LogP contribution in [0, 0.1) is 27.7 Å². The number of aromatic nitrogens is 3. The maximum atomic E-state index is 13.5. The van der Waals surface area contributed by atoms with Gasteiger partial charge >= 0.3 is 0 Å². The molecule has 3 aromatic rings. The number of aryl methyl sites for hydroxylation is 4. The first-order valence-corrected chi connectivity index (χ1v) is 11.0. The fraction of sp³-hybridized carbons (Fsp3) is 0.400. The van der Waals surface area contributed by atoms with Crippen molar-refractivity contribution in [3.63, 3.8) is 0 Å². The lowest BCUT2D eigenvalue weighted by molar-refractivity contribution is 0.384. The Hall–Kier alpha value is -2.65. The number of nitrogens with zero attached hydrogens (tertiary/aromatic N) is 4. The van der Waals surface area contributed by atoms with Gasteiger partial charge in [0.05, 0.1) is 5.56 Å². The van der Waals surface area contributed by atoms with Crippen molar-refractivity contribution >= 4 is 15.7 Å².